The molecule has 0 aromatic heterocycles. The Morgan fingerprint density at radius 1 is 1.25 bits per heavy atom. The zero-order valence-electron chi connectivity index (χ0n) is 11.7. The summed E-state index contributed by atoms with van der Waals surface area (Å²) in [6.07, 6.45) is 5.55. The molecule has 1 nitrogen and oxygen atoms in total. The Morgan fingerprint density at radius 2 is 1.75 bits per heavy atom. The molecule has 0 saturated heterocycles. The Hall–Kier alpha value is 0.310. The van der Waals surface area contributed by atoms with Crippen molar-refractivity contribution >= 4 is 12.6 Å². The lowest BCUT2D eigenvalue weighted by Gasteiger charge is -2.40. The van der Waals surface area contributed by atoms with Crippen LogP contribution in [0, 0.1) is 10.8 Å². The topological polar surface area (TPSA) is 3.24 Å². The van der Waals surface area contributed by atoms with Gasteiger partial charge in [0.25, 0.3) is 0 Å². The number of rotatable bonds is 4. The number of hydrogen-bond acceptors (Lipinski definition) is 2. The van der Waals surface area contributed by atoms with E-state index in [0.717, 1.165) is 5.75 Å². The van der Waals surface area contributed by atoms with Crippen LogP contribution >= 0.6 is 12.6 Å². The van der Waals surface area contributed by atoms with E-state index in [4.69, 9.17) is 0 Å². The lowest BCUT2D eigenvalue weighted by Crippen LogP contribution is -2.45. The van der Waals surface area contributed by atoms with E-state index in [1.165, 1.54) is 32.2 Å². The minimum absolute atomic E-state index is 0.366. The Labute approximate surface area is 107 Å². The second-order valence-electron chi connectivity index (χ2n) is 6.82. The molecule has 0 bridgehead atoms. The molecule has 1 fully saturated rings. The lowest BCUT2D eigenvalue weighted by atomic mass is 9.83. The number of nitrogens with zero attached hydrogens (tertiary/aromatic N) is 1. The average molecular weight is 243 g/mol. The molecule has 0 amide bonds. The van der Waals surface area contributed by atoms with Gasteiger partial charge in [-0.1, -0.05) is 33.6 Å². The minimum Gasteiger partial charge on any atom is -0.303 e. The molecule has 0 heterocycles. The van der Waals surface area contributed by atoms with Gasteiger partial charge in [0.05, 0.1) is 0 Å². The summed E-state index contributed by atoms with van der Waals surface area (Å²) >= 11 is 4.59. The van der Waals surface area contributed by atoms with Crippen LogP contribution in [0.3, 0.4) is 0 Å². The zero-order chi connectivity index (χ0) is 12.4. The van der Waals surface area contributed by atoms with Gasteiger partial charge in [0.1, 0.15) is 0 Å². The van der Waals surface area contributed by atoms with Gasteiger partial charge in [-0.05, 0) is 43.4 Å². The largest absolute Gasteiger partial charge is 0.303 e. The molecule has 2 heteroatoms. The molecule has 1 aliphatic rings. The van der Waals surface area contributed by atoms with Gasteiger partial charge < -0.3 is 4.90 Å². The summed E-state index contributed by atoms with van der Waals surface area (Å²) < 4.78 is 0. The fourth-order valence-electron chi connectivity index (χ4n) is 2.82. The van der Waals surface area contributed by atoms with Crippen LogP contribution in [0.15, 0.2) is 0 Å². The van der Waals surface area contributed by atoms with Gasteiger partial charge in [-0.15, -0.1) is 0 Å². The fourth-order valence-corrected chi connectivity index (χ4v) is 3.23. The van der Waals surface area contributed by atoms with Crippen molar-refractivity contribution in [3.8, 4) is 0 Å². The third-order valence-corrected chi connectivity index (χ3v) is 5.17. The van der Waals surface area contributed by atoms with Crippen molar-refractivity contribution in [3.63, 3.8) is 0 Å². The second-order valence-corrected chi connectivity index (χ2v) is 7.14. The smallest absolute Gasteiger partial charge is 0.0113 e. The summed E-state index contributed by atoms with van der Waals surface area (Å²) in [5.74, 6) is 1.05. The van der Waals surface area contributed by atoms with E-state index in [2.05, 4.69) is 52.3 Å². The van der Waals surface area contributed by atoms with Gasteiger partial charge in [-0.2, -0.15) is 12.6 Å². The normalized spacial score (nSPS) is 22.7. The van der Waals surface area contributed by atoms with E-state index in [1.807, 2.05) is 0 Å². The summed E-state index contributed by atoms with van der Waals surface area (Å²) in [5, 5.41) is 0. The Balaban J connectivity index is 2.58. The highest BCUT2D eigenvalue weighted by atomic mass is 32.1. The van der Waals surface area contributed by atoms with E-state index in [0.29, 0.717) is 16.9 Å². The SMILES string of the molecule is CC(N(C)CC1(CS)CCCC1)C(C)(C)C. The molecule has 0 radical (unpaired) electrons. The van der Waals surface area contributed by atoms with Gasteiger partial charge in [-0.25, -0.2) is 0 Å². The average Bonchev–Trinajstić information content (AvgIpc) is 2.64. The van der Waals surface area contributed by atoms with Crippen molar-refractivity contribution in [2.24, 2.45) is 10.8 Å². The second kappa shape index (κ2) is 5.30. The Bertz CT molecular complexity index is 213. The summed E-state index contributed by atoms with van der Waals surface area (Å²) in [6.45, 7) is 10.6. The van der Waals surface area contributed by atoms with Crippen molar-refractivity contribution in [2.45, 2.75) is 59.4 Å². The summed E-state index contributed by atoms with van der Waals surface area (Å²) in [7, 11) is 2.28. The standard InChI is InChI=1S/C14H29NS/c1-12(13(2,3)4)15(5)10-14(11-16)8-6-7-9-14/h12,16H,6-11H2,1-5H3. The first-order chi connectivity index (χ1) is 7.31. The Kier molecular flexibility index (Phi) is 4.76. The molecule has 1 unspecified atom stereocenters. The van der Waals surface area contributed by atoms with Crippen LogP contribution in [0.5, 0.6) is 0 Å². The third kappa shape index (κ3) is 3.40. The first-order valence-corrected chi connectivity index (χ1v) is 7.25. The van der Waals surface area contributed by atoms with Crippen molar-refractivity contribution < 1.29 is 0 Å². The number of hydrogen-bond donors (Lipinski definition) is 1. The highest BCUT2D eigenvalue weighted by molar-refractivity contribution is 7.80. The van der Waals surface area contributed by atoms with Gasteiger partial charge in [0.2, 0.25) is 0 Å². The van der Waals surface area contributed by atoms with Gasteiger partial charge >= 0.3 is 0 Å². The molecule has 0 aromatic rings. The van der Waals surface area contributed by atoms with Gasteiger partial charge in [0.15, 0.2) is 0 Å². The maximum absolute atomic E-state index is 4.59. The van der Waals surface area contributed by atoms with E-state index in [1.54, 1.807) is 0 Å². The predicted molar refractivity (Wildman–Crippen MR) is 76.3 cm³/mol. The van der Waals surface area contributed by atoms with Crippen molar-refractivity contribution in [1.29, 1.82) is 0 Å². The third-order valence-electron chi connectivity index (χ3n) is 4.50. The zero-order valence-corrected chi connectivity index (χ0v) is 12.6. The molecule has 1 atom stereocenters. The maximum atomic E-state index is 4.59. The van der Waals surface area contributed by atoms with Gasteiger partial charge in [-0.3, -0.25) is 0 Å². The molecular formula is C14H29NS. The van der Waals surface area contributed by atoms with E-state index < -0.39 is 0 Å². The van der Waals surface area contributed by atoms with E-state index >= 15 is 0 Å². The number of thiol groups is 1. The molecule has 0 aromatic carbocycles. The molecule has 16 heavy (non-hydrogen) atoms. The molecule has 1 saturated carbocycles. The molecule has 1 aliphatic carbocycles. The first kappa shape index (κ1) is 14.4. The minimum atomic E-state index is 0.366. The van der Waals surface area contributed by atoms with E-state index in [9.17, 15) is 0 Å². The van der Waals surface area contributed by atoms with Crippen molar-refractivity contribution in [1.82, 2.24) is 4.90 Å². The van der Waals surface area contributed by atoms with Crippen LogP contribution < -0.4 is 0 Å². The van der Waals surface area contributed by atoms with E-state index in [-0.39, 0.29) is 0 Å². The molecule has 0 N–H and O–H groups in total. The van der Waals surface area contributed by atoms with Crippen molar-refractivity contribution in [3.05, 3.63) is 0 Å². The lowest BCUT2D eigenvalue weighted by molar-refractivity contribution is 0.0955. The quantitative estimate of drug-likeness (QED) is 0.734. The summed E-state index contributed by atoms with van der Waals surface area (Å²) in [6, 6.07) is 0.629. The monoisotopic (exact) mass is 243 g/mol. The molecule has 96 valence electrons. The molecular weight excluding hydrogens is 214 g/mol. The van der Waals surface area contributed by atoms with Crippen LogP contribution in [-0.4, -0.2) is 30.3 Å². The Morgan fingerprint density at radius 3 is 2.12 bits per heavy atom. The molecule has 1 rings (SSSR count). The molecule has 0 aliphatic heterocycles. The summed E-state index contributed by atoms with van der Waals surface area (Å²) in [4.78, 5) is 2.54. The summed E-state index contributed by atoms with van der Waals surface area (Å²) in [5.41, 5.74) is 0.864. The predicted octanol–water partition coefficient (Wildman–Crippen LogP) is 3.84. The van der Waals surface area contributed by atoms with Crippen LogP contribution in [0.4, 0.5) is 0 Å². The maximum Gasteiger partial charge on any atom is 0.0113 e. The van der Waals surface area contributed by atoms with Crippen molar-refractivity contribution in [2.75, 3.05) is 19.3 Å². The van der Waals surface area contributed by atoms with Crippen LogP contribution in [0.1, 0.15) is 53.4 Å². The van der Waals surface area contributed by atoms with Crippen LogP contribution in [0.25, 0.3) is 0 Å². The highest BCUT2D eigenvalue weighted by Gasteiger charge is 2.36. The van der Waals surface area contributed by atoms with Gasteiger partial charge in [0, 0.05) is 12.6 Å². The highest BCUT2D eigenvalue weighted by Crippen LogP contribution is 2.40. The van der Waals surface area contributed by atoms with Crippen LogP contribution in [0.2, 0.25) is 0 Å². The molecule has 0 spiro atoms. The fraction of sp³-hybridized carbons (Fsp3) is 1.00. The first-order valence-electron chi connectivity index (χ1n) is 6.62. The van der Waals surface area contributed by atoms with Crippen LogP contribution in [-0.2, 0) is 0 Å².